The highest BCUT2D eigenvalue weighted by molar-refractivity contribution is 5.10. The lowest BCUT2D eigenvalue weighted by molar-refractivity contribution is -0.0553. The molecule has 0 amide bonds. The topological polar surface area (TPSA) is 51.2 Å². The summed E-state index contributed by atoms with van der Waals surface area (Å²) >= 11 is 0. The van der Waals surface area contributed by atoms with Crippen molar-refractivity contribution < 1.29 is 4.42 Å². The van der Waals surface area contributed by atoms with Gasteiger partial charge in [0.15, 0.2) is 0 Å². The molecule has 98 valence electrons. The van der Waals surface area contributed by atoms with Crippen molar-refractivity contribution in [1.82, 2.24) is 5.43 Å². The van der Waals surface area contributed by atoms with Gasteiger partial charge in [0, 0.05) is 0 Å². The summed E-state index contributed by atoms with van der Waals surface area (Å²) in [5, 5.41) is 0. The SMILES string of the molecule is NNC(c1ccco1)C1C2CC3CC(C2)CC1C3. The van der Waals surface area contributed by atoms with E-state index in [9.17, 15) is 0 Å². The van der Waals surface area contributed by atoms with Crippen LogP contribution in [0.2, 0.25) is 0 Å². The molecule has 0 radical (unpaired) electrons. The van der Waals surface area contributed by atoms with Gasteiger partial charge in [-0.05, 0) is 73.8 Å². The van der Waals surface area contributed by atoms with Crippen LogP contribution in [-0.2, 0) is 0 Å². The van der Waals surface area contributed by atoms with Gasteiger partial charge in [0.1, 0.15) is 5.76 Å². The molecule has 3 nitrogen and oxygen atoms in total. The van der Waals surface area contributed by atoms with Crippen LogP contribution in [0.25, 0.3) is 0 Å². The summed E-state index contributed by atoms with van der Waals surface area (Å²) in [5.74, 6) is 11.3. The largest absolute Gasteiger partial charge is 0.468 e. The van der Waals surface area contributed by atoms with E-state index in [4.69, 9.17) is 10.3 Å². The third-order valence-corrected chi connectivity index (χ3v) is 5.71. The number of furan rings is 1. The Kier molecular flexibility index (Phi) is 2.52. The van der Waals surface area contributed by atoms with Crippen LogP contribution in [0.4, 0.5) is 0 Å². The first-order valence-corrected chi connectivity index (χ1v) is 7.34. The second-order valence-electron chi connectivity index (χ2n) is 6.67. The Balaban J connectivity index is 1.64. The summed E-state index contributed by atoms with van der Waals surface area (Å²) in [5.41, 5.74) is 3.04. The number of nitrogens with one attached hydrogen (secondary N) is 1. The second-order valence-corrected chi connectivity index (χ2v) is 6.67. The van der Waals surface area contributed by atoms with Crippen LogP contribution >= 0.6 is 0 Å². The molecule has 1 atom stereocenters. The van der Waals surface area contributed by atoms with Gasteiger partial charge in [-0.3, -0.25) is 5.84 Å². The van der Waals surface area contributed by atoms with Crippen LogP contribution in [0.3, 0.4) is 0 Å². The summed E-state index contributed by atoms with van der Waals surface area (Å²) in [6.45, 7) is 0. The van der Waals surface area contributed by atoms with Crippen LogP contribution in [0.1, 0.15) is 43.9 Å². The van der Waals surface area contributed by atoms with Gasteiger partial charge in [-0.2, -0.15) is 0 Å². The first-order valence-electron chi connectivity index (χ1n) is 7.34. The molecule has 1 aromatic rings. The first-order chi connectivity index (χ1) is 8.85. The summed E-state index contributed by atoms with van der Waals surface area (Å²) in [7, 11) is 0. The van der Waals surface area contributed by atoms with Gasteiger partial charge in [0.25, 0.3) is 0 Å². The molecule has 4 aliphatic carbocycles. The van der Waals surface area contributed by atoms with Crippen LogP contribution in [0.5, 0.6) is 0 Å². The van der Waals surface area contributed by atoms with Crippen molar-refractivity contribution in [2.24, 2.45) is 35.4 Å². The van der Waals surface area contributed by atoms with Gasteiger partial charge in [-0.1, -0.05) is 0 Å². The maximum Gasteiger partial charge on any atom is 0.122 e. The predicted octanol–water partition coefficient (Wildman–Crippen LogP) is 2.86. The molecule has 3 N–H and O–H groups in total. The van der Waals surface area contributed by atoms with Crippen LogP contribution in [0, 0.1) is 29.6 Å². The maximum absolute atomic E-state index is 5.83. The fraction of sp³-hybridized carbons (Fsp3) is 0.733. The molecule has 4 saturated carbocycles. The number of hydrazine groups is 1. The first kappa shape index (κ1) is 11.1. The molecule has 18 heavy (non-hydrogen) atoms. The van der Waals surface area contributed by atoms with Gasteiger partial charge < -0.3 is 4.42 Å². The van der Waals surface area contributed by atoms with Gasteiger partial charge in [-0.25, -0.2) is 5.43 Å². The lowest BCUT2D eigenvalue weighted by Gasteiger charge is -2.56. The number of hydrogen-bond acceptors (Lipinski definition) is 3. The van der Waals surface area contributed by atoms with Crippen molar-refractivity contribution in [1.29, 1.82) is 0 Å². The van der Waals surface area contributed by atoms with Gasteiger partial charge in [0.2, 0.25) is 0 Å². The molecule has 1 unspecified atom stereocenters. The van der Waals surface area contributed by atoms with Crippen molar-refractivity contribution in [3.8, 4) is 0 Å². The second kappa shape index (κ2) is 4.10. The zero-order valence-corrected chi connectivity index (χ0v) is 10.7. The Morgan fingerprint density at radius 2 is 1.78 bits per heavy atom. The number of rotatable bonds is 3. The molecular formula is C15H22N2O. The normalized spacial score (nSPS) is 43.3. The Hall–Kier alpha value is -0.800. The smallest absolute Gasteiger partial charge is 0.122 e. The van der Waals surface area contributed by atoms with Crippen molar-refractivity contribution >= 4 is 0 Å². The van der Waals surface area contributed by atoms with E-state index in [1.54, 1.807) is 6.26 Å². The summed E-state index contributed by atoms with van der Waals surface area (Å²) < 4.78 is 5.60. The predicted molar refractivity (Wildman–Crippen MR) is 69.3 cm³/mol. The van der Waals surface area contributed by atoms with Gasteiger partial charge in [0.05, 0.1) is 12.3 Å². The molecule has 0 aromatic carbocycles. The Morgan fingerprint density at radius 3 is 2.28 bits per heavy atom. The summed E-state index contributed by atoms with van der Waals surface area (Å²) in [6, 6.07) is 4.25. The van der Waals surface area contributed by atoms with E-state index >= 15 is 0 Å². The van der Waals surface area contributed by atoms with E-state index in [0.29, 0.717) is 5.92 Å². The summed E-state index contributed by atoms with van der Waals surface area (Å²) in [6.07, 6.45) is 8.97. The minimum absolute atomic E-state index is 0.218. The fourth-order valence-electron chi connectivity index (χ4n) is 5.36. The Bertz CT molecular complexity index is 386. The van der Waals surface area contributed by atoms with E-state index < -0.39 is 0 Å². The average molecular weight is 246 g/mol. The van der Waals surface area contributed by atoms with Gasteiger partial charge >= 0.3 is 0 Å². The van der Waals surface area contributed by atoms with E-state index in [1.807, 2.05) is 6.07 Å². The maximum atomic E-state index is 5.83. The Labute approximate surface area is 108 Å². The number of nitrogens with two attached hydrogens (primary N) is 1. The zero-order chi connectivity index (χ0) is 12.1. The van der Waals surface area contributed by atoms with Crippen molar-refractivity contribution in [2.45, 2.75) is 38.1 Å². The summed E-state index contributed by atoms with van der Waals surface area (Å²) in [4.78, 5) is 0. The standard InChI is InChI=1S/C15H22N2O/c16-17-15(13-2-1-3-18-13)14-11-5-9-4-10(7-11)8-12(14)6-9/h1-3,9-12,14-15,17H,4-8,16H2. The molecular weight excluding hydrogens is 224 g/mol. The van der Waals surface area contributed by atoms with Gasteiger partial charge in [-0.15, -0.1) is 0 Å². The highest BCUT2D eigenvalue weighted by atomic mass is 16.3. The fourth-order valence-corrected chi connectivity index (χ4v) is 5.36. The lowest BCUT2D eigenvalue weighted by Crippen LogP contribution is -2.50. The number of hydrogen-bond donors (Lipinski definition) is 2. The van der Waals surface area contributed by atoms with E-state index in [1.165, 1.54) is 32.1 Å². The molecule has 4 aliphatic rings. The van der Waals surface area contributed by atoms with Crippen molar-refractivity contribution in [3.05, 3.63) is 24.2 Å². The van der Waals surface area contributed by atoms with Crippen molar-refractivity contribution in [3.63, 3.8) is 0 Å². The zero-order valence-electron chi connectivity index (χ0n) is 10.7. The quantitative estimate of drug-likeness (QED) is 0.637. The Morgan fingerprint density at radius 1 is 1.11 bits per heavy atom. The van der Waals surface area contributed by atoms with Crippen LogP contribution in [-0.4, -0.2) is 0 Å². The molecule has 4 fully saturated rings. The average Bonchev–Trinajstić information content (AvgIpc) is 2.86. The molecule has 1 heterocycles. The third-order valence-electron chi connectivity index (χ3n) is 5.71. The molecule has 1 aromatic heterocycles. The molecule has 4 bridgehead atoms. The monoisotopic (exact) mass is 246 g/mol. The lowest BCUT2D eigenvalue weighted by atomic mass is 9.50. The van der Waals surface area contributed by atoms with Crippen molar-refractivity contribution in [2.75, 3.05) is 0 Å². The molecule has 5 rings (SSSR count). The van der Waals surface area contributed by atoms with E-state index in [0.717, 1.165) is 29.4 Å². The van der Waals surface area contributed by atoms with E-state index in [2.05, 4.69) is 11.5 Å². The molecule has 3 heteroatoms. The molecule has 0 aliphatic heterocycles. The van der Waals surface area contributed by atoms with E-state index in [-0.39, 0.29) is 6.04 Å². The molecule has 0 spiro atoms. The minimum atomic E-state index is 0.218. The third kappa shape index (κ3) is 1.57. The highest BCUT2D eigenvalue weighted by Gasteiger charge is 2.51. The highest BCUT2D eigenvalue weighted by Crippen LogP contribution is 2.59. The molecule has 0 saturated heterocycles. The van der Waals surface area contributed by atoms with Crippen LogP contribution < -0.4 is 11.3 Å². The van der Waals surface area contributed by atoms with Crippen LogP contribution in [0.15, 0.2) is 22.8 Å². The minimum Gasteiger partial charge on any atom is -0.468 e.